The van der Waals surface area contributed by atoms with E-state index in [1.807, 2.05) is 0 Å². The average Bonchev–Trinajstić information content (AvgIpc) is 3.23. The number of carbonyl (C=O) groups is 1. The lowest BCUT2D eigenvalue weighted by Gasteiger charge is -2.17. The summed E-state index contributed by atoms with van der Waals surface area (Å²) in [6.07, 6.45) is -0.0546. The summed E-state index contributed by atoms with van der Waals surface area (Å²) in [5.41, 5.74) is -1.75. The van der Waals surface area contributed by atoms with Crippen molar-refractivity contribution in [1.29, 1.82) is 0 Å². The molecule has 1 aliphatic rings. The van der Waals surface area contributed by atoms with E-state index in [4.69, 9.17) is 0 Å². The molecule has 0 saturated heterocycles. The van der Waals surface area contributed by atoms with Crippen LogP contribution in [-0.4, -0.2) is 26.5 Å². The Bertz CT molecular complexity index is 747. The van der Waals surface area contributed by atoms with Crippen LogP contribution in [0.4, 0.5) is 22.0 Å². The number of ether oxygens (including phenoxy) is 1. The number of rotatable bonds is 5. The van der Waals surface area contributed by atoms with Crippen LogP contribution in [-0.2, 0) is 19.6 Å². The number of halogens is 5. The van der Waals surface area contributed by atoms with Crippen LogP contribution in [0, 0.1) is 29.1 Å². The lowest BCUT2D eigenvalue weighted by atomic mass is 10.3. The van der Waals surface area contributed by atoms with Crippen molar-refractivity contribution in [2.75, 3.05) is 6.61 Å². The molecule has 5 nitrogen and oxygen atoms in total. The van der Waals surface area contributed by atoms with Gasteiger partial charge in [-0.1, -0.05) is 0 Å². The largest absolute Gasteiger partial charge is 0.465 e. The van der Waals surface area contributed by atoms with Gasteiger partial charge in [0.25, 0.3) is 0 Å². The Labute approximate surface area is 127 Å². The van der Waals surface area contributed by atoms with Crippen molar-refractivity contribution in [3.63, 3.8) is 0 Å². The molecule has 0 radical (unpaired) electrons. The Morgan fingerprint density at radius 2 is 1.48 bits per heavy atom. The number of benzene rings is 1. The van der Waals surface area contributed by atoms with Gasteiger partial charge >= 0.3 is 5.97 Å². The highest BCUT2D eigenvalue weighted by Crippen LogP contribution is 2.39. The van der Waals surface area contributed by atoms with Crippen molar-refractivity contribution in [2.24, 2.45) is 0 Å². The van der Waals surface area contributed by atoms with Gasteiger partial charge in [0.1, 0.15) is 5.54 Å². The predicted molar refractivity (Wildman–Crippen MR) is 65.2 cm³/mol. The zero-order valence-corrected chi connectivity index (χ0v) is 12.4. The van der Waals surface area contributed by atoms with Gasteiger partial charge in [-0.3, -0.25) is 4.79 Å². The van der Waals surface area contributed by atoms with Gasteiger partial charge in [-0.15, -0.1) is 0 Å². The van der Waals surface area contributed by atoms with Crippen LogP contribution >= 0.6 is 0 Å². The van der Waals surface area contributed by atoms with E-state index in [0.29, 0.717) is 0 Å². The fraction of sp³-hybridized carbons (Fsp3) is 0.417. The van der Waals surface area contributed by atoms with E-state index in [-0.39, 0.29) is 19.4 Å². The summed E-state index contributed by atoms with van der Waals surface area (Å²) in [7, 11) is -5.19. The molecule has 1 aromatic rings. The molecule has 128 valence electrons. The summed E-state index contributed by atoms with van der Waals surface area (Å²) in [6, 6.07) is 0. The Hall–Kier alpha value is -1.75. The molecule has 23 heavy (non-hydrogen) atoms. The van der Waals surface area contributed by atoms with Crippen LogP contribution in [0.2, 0.25) is 0 Å². The minimum Gasteiger partial charge on any atom is -0.465 e. The van der Waals surface area contributed by atoms with Crippen LogP contribution < -0.4 is 4.72 Å². The summed E-state index contributed by atoms with van der Waals surface area (Å²) in [4.78, 5) is 9.61. The van der Waals surface area contributed by atoms with Crippen LogP contribution in [0.15, 0.2) is 4.90 Å². The minimum absolute atomic E-state index is 0.0273. The van der Waals surface area contributed by atoms with Crippen LogP contribution in [0.25, 0.3) is 0 Å². The molecular weight excluding hydrogens is 349 g/mol. The van der Waals surface area contributed by atoms with Gasteiger partial charge in [0.15, 0.2) is 28.2 Å². The summed E-state index contributed by atoms with van der Waals surface area (Å²) in [6.45, 7) is 1.37. The third-order valence-corrected chi connectivity index (χ3v) is 4.74. The predicted octanol–water partition coefficient (Wildman–Crippen LogP) is 1.76. The fourth-order valence-corrected chi connectivity index (χ4v) is 3.43. The van der Waals surface area contributed by atoms with E-state index in [0.717, 1.165) is 0 Å². The van der Waals surface area contributed by atoms with Gasteiger partial charge in [-0.2, -0.15) is 4.72 Å². The Balaban J connectivity index is 2.48. The third-order valence-electron chi connectivity index (χ3n) is 3.18. The second-order valence-corrected chi connectivity index (χ2v) is 6.43. The summed E-state index contributed by atoms with van der Waals surface area (Å²) in [5.74, 6) is -13.3. The van der Waals surface area contributed by atoms with Crippen molar-refractivity contribution in [2.45, 2.75) is 30.2 Å². The minimum atomic E-state index is -5.19. The average molecular weight is 359 g/mol. The quantitative estimate of drug-likeness (QED) is 0.376. The van der Waals surface area contributed by atoms with Gasteiger partial charge < -0.3 is 4.74 Å². The fourth-order valence-electron chi connectivity index (χ4n) is 1.87. The molecule has 0 aromatic heterocycles. The monoisotopic (exact) mass is 359 g/mol. The van der Waals surface area contributed by atoms with Gasteiger partial charge in [0.05, 0.1) is 6.61 Å². The van der Waals surface area contributed by atoms with E-state index in [1.165, 1.54) is 6.92 Å². The lowest BCUT2D eigenvalue weighted by Crippen LogP contribution is -2.44. The van der Waals surface area contributed by atoms with Crippen LogP contribution in [0.1, 0.15) is 19.8 Å². The molecule has 1 N–H and O–H groups in total. The smallest absolute Gasteiger partial charge is 0.327 e. The van der Waals surface area contributed by atoms with E-state index in [2.05, 4.69) is 4.74 Å². The molecule has 0 unspecified atom stereocenters. The first-order chi connectivity index (χ1) is 10.6. The SMILES string of the molecule is CCOC(=O)C1(NS(=O)(=O)c2c(F)c(F)c(F)c(F)c2F)CC1. The van der Waals surface area contributed by atoms with Gasteiger partial charge in [-0.05, 0) is 19.8 Å². The highest BCUT2D eigenvalue weighted by atomic mass is 32.2. The van der Waals surface area contributed by atoms with Gasteiger partial charge in [-0.25, -0.2) is 30.4 Å². The molecule has 1 saturated carbocycles. The van der Waals surface area contributed by atoms with Crippen molar-refractivity contribution in [3.8, 4) is 0 Å². The number of sulfonamides is 1. The second-order valence-electron chi connectivity index (χ2n) is 4.81. The number of hydrogen-bond acceptors (Lipinski definition) is 4. The molecule has 0 amide bonds. The number of hydrogen-bond donors (Lipinski definition) is 1. The summed E-state index contributed by atoms with van der Waals surface area (Å²) < 4.78 is 96.6. The Kier molecular flexibility index (Phi) is 4.37. The maximum absolute atomic E-state index is 13.6. The first-order valence-corrected chi connectivity index (χ1v) is 7.78. The molecular formula is C12H10F5NO4S. The van der Waals surface area contributed by atoms with Gasteiger partial charge in [0, 0.05) is 0 Å². The standard InChI is InChI=1S/C12H10F5NO4S/c1-2-22-11(19)12(3-4-12)18-23(20,21)10-8(16)6(14)5(13)7(15)9(10)17/h18H,2-4H2,1H3. The molecule has 0 atom stereocenters. The van der Waals surface area contributed by atoms with E-state index in [9.17, 15) is 35.2 Å². The zero-order valence-electron chi connectivity index (χ0n) is 11.6. The van der Waals surface area contributed by atoms with E-state index < -0.39 is 55.5 Å². The lowest BCUT2D eigenvalue weighted by molar-refractivity contribution is -0.146. The molecule has 1 aliphatic carbocycles. The normalized spacial score (nSPS) is 16.3. The van der Waals surface area contributed by atoms with Crippen molar-refractivity contribution in [1.82, 2.24) is 4.72 Å². The molecule has 2 rings (SSSR count). The molecule has 1 fully saturated rings. The number of nitrogens with one attached hydrogen (secondary N) is 1. The topological polar surface area (TPSA) is 72.5 Å². The molecule has 1 aromatic carbocycles. The number of carbonyl (C=O) groups excluding carboxylic acids is 1. The Morgan fingerprint density at radius 1 is 1.04 bits per heavy atom. The van der Waals surface area contributed by atoms with Crippen molar-refractivity contribution in [3.05, 3.63) is 29.1 Å². The van der Waals surface area contributed by atoms with E-state index in [1.54, 1.807) is 4.72 Å². The summed E-state index contributed by atoms with van der Waals surface area (Å²) in [5, 5.41) is 0. The van der Waals surface area contributed by atoms with Gasteiger partial charge in [0.2, 0.25) is 15.8 Å². The van der Waals surface area contributed by atoms with Crippen molar-refractivity contribution >= 4 is 16.0 Å². The van der Waals surface area contributed by atoms with Crippen LogP contribution in [0.3, 0.4) is 0 Å². The molecule has 0 heterocycles. The highest BCUT2D eigenvalue weighted by molar-refractivity contribution is 7.89. The maximum Gasteiger partial charge on any atom is 0.327 e. The summed E-state index contributed by atoms with van der Waals surface area (Å²) >= 11 is 0. The van der Waals surface area contributed by atoms with Crippen LogP contribution in [0.5, 0.6) is 0 Å². The number of esters is 1. The first kappa shape index (κ1) is 17.6. The molecule has 0 spiro atoms. The highest BCUT2D eigenvalue weighted by Gasteiger charge is 2.55. The van der Waals surface area contributed by atoms with E-state index >= 15 is 0 Å². The zero-order chi connectivity index (χ0) is 17.6. The second kappa shape index (κ2) is 5.71. The first-order valence-electron chi connectivity index (χ1n) is 6.30. The third kappa shape index (κ3) is 2.90. The van der Waals surface area contributed by atoms with Crippen molar-refractivity contribution < 1.29 is 39.9 Å². The maximum atomic E-state index is 13.6. The molecule has 11 heteroatoms. The molecule has 0 bridgehead atoms. The Morgan fingerprint density at radius 3 is 1.87 bits per heavy atom. The molecule has 0 aliphatic heterocycles.